The van der Waals surface area contributed by atoms with Gasteiger partial charge in [0.15, 0.2) is 0 Å². The van der Waals surface area contributed by atoms with Crippen LogP contribution in [-0.2, 0) is 11.8 Å². The van der Waals surface area contributed by atoms with Crippen molar-refractivity contribution in [3.8, 4) is 0 Å². The molecule has 0 bridgehead atoms. The second kappa shape index (κ2) is 5.80. The Kier molecular flexibility index (Phi) is 4.32. The summed E-state index contributed by atoms with van der Waals surface area (Å²) in [4.78, 5) is 9.16. The average Bonchev–Trinajstić information content (AvgIpc) is 2.85. The van der Waals surface area contributed by atoms with Crippen molar-refractivity contribution in [1.29, 1.82) is 0 Å². The Bertz CT molecular complexity index is 514. The Morgan fingerprint density at radius 3 is 2.63 bits per heavy atom. The molecule has 0 radical (unpaired) electrons. The van der Waals surface area contributed by atoms with Crippen molar-refractivity contribution in [1.82, 2.24) is 15.3 Å². The van der Waals surface area contributed by atoms with Gasteiger partial charge in [0.1, 0.15) is 0 Å². The fraction of sp³-hybridized carbons (Fsp3) is 0.467. The monoisotopic (exact) mass is 275 g/mol. The van der Waals surface area contributed by atoms with Crippen LogP contribution in [0, 0.1) is 0 Å². The highest BCUT2D eigenvalue weighted by Gasteiger charge is 2.19. The molecule has 1 N–H and O–H groups in total. The standard InChI is InChI=1S/C15H21N3S/c1-15(2,3)13-10-19-14(18-13)9-12(16-4)11-7-5-6-8-17-11/h5-8,10,12,16H,9H2,1-4H3. The van der Waals surface area contributed by atoms with Crippen LogP contribution in [0.25, 0.3) is 0 Å². The van der Waals surface area contributed by atoms with Crippen LogP contribution in [0.15, 0.2) is 29.8 Å². The number of likely N-dealkylation sites (N-methyl/N-ethyl adjacent to an activating group) is 1. The van der Waals surface area contributed by atoms with Gasteiger partial charge in [0, 0.05) is 23.4 Å². The molecular weight excluding hydrogens is 254 g/mol. The SMILES string of the molecule is CNC(Cc1nc(C(C)(C)C)cs1)c1ccccn1. The van der Waals surface area contributed by atoms with E-state index in [4.69, 9.17) is 4.98 Å². The summed E-state index contributed by atoms with van der Waals surface area (Å²) in [5.74, 6) is 0. The van der Waals surface area contributed by atoms with Gasteiger partial charge < -0.3 is 5.32 Å². The first-order valence-electron chi connectivity index (χ1n) is 6.54. The number of nitrogens with one attached hydrogen (secondary N) is 1. The van der Waals surface area contributed by atoms with Crippen LogP contribution < -0.4 is 5.32 Å². The molecule has 1 unspecified atom stereocenters. The predicted molar refractivity (Wildman–Crippen MR) is 80.6 cm³/mol. The van der Waals surface area contributed by atoms with Crippen molar-refractivity contribution in [2.45, 2.75) is 38.6 Å². The molecule has 0 aliphatic carbocycles. The summed E-state index contributed by atoms with van der Waals surface area (Å²) >= 11 is 1.74. The van der Waals surface area contributed by atoms with Gasteiger partial charge >= 0.3 is 0 Å². The Balaban J connectivity index is 2.13. The van der Waals surface area contributed by atoms with Gasteiger partial charge in [-0.25, -0.2) is 4.98 Å². The van der Waals surface area contributed by atoms with Gasteiger partial charge in [-0.15, -0.1) is 11.3 Å². The molecule has 0 aliphatic heterocycles. The quantitative estimate of drug-likeness (QED) is 0.930. The lowest BCUT2D eigenvalue weighted by molar-refractivity contribution is 0.554. The van der Waals surface area contributed by atoms with E-state index in [-0.39, 0.29) is 11.5 Å². The topological polar surface area (TPSA) is 37.8 Å². The van der Waals surface area contributed by atoms with Crippen LogP contribution in [0.5, 0.6) is 0 Å². The fourth-order valence-electron chi connectivity index (χ4n) is 1.86. The highest BCUT2D eigenvalue weighted by atomic mass is 32.1. The van der Waals surface area contributed by atoms with Crippen molar-refractivity contribution < 1.29 is 0 Å². The molecule has 2 aromatic heterocycles. The van der Waals surface area contributed by atoms with Gasteiger partial charge in [-0.3, -0.25) is 4.98 Å². The zero-order valence-electron chi connectivity index (χ0n) is 12.0. The summed E-state index contributed by atoms with van der Waals surface area (Å²) in [7, 11) is 1.97. The number of nitrogens with zero attached hydrogens (tertiary/aromatic N) is 2. The molecule has 0 saturated carbocycles. The van der Waals surface area contributed by atoms with Gasteiger partial charge in [-0.2, -0.15) is 0 Å². The summed E-state index contributed by atoms with van der Waals surface area (Å²) in [5.41, 5.74) is 2.36. The molecule has 19 heavy (non-hydrogen) atoms. The van der Waals surface area contributed by atoms with Gasteiger partial charge in [-0.1, -0.05) is 26.8 Å². The highest BCUT2D eigenvalue weighted by molar-refractivity contribution is 7.09. The first-order valence-corrected chi connectivity index (χ1v) is 7.42. The van der Waals surface area contributed by atoms with Crippen LogP contribution in [0.4, 0.5) is 0 Å². The highest BCUT2D eigenvalue weighted by Crippen LogP contribution is 2.26. The second-order valence-corrected chi connectivity index (χ2v) is 6.62. The molecule has 0 fully saturated rings. The van der Waals surface area contributed by atoms with E-state index in [0.717, 1.165) is 17.1 Å². The summed E-state index contributed by atoms with van der Waals surface area (Å²) in [6.07, 6.45) is 2.72. The molecule has 0 spiro atoms. The van der Waals surface area contributed by atoms with E-state index in [0.29, 0.717) is 0 Å². The average molecular weight is 275 g/mol. The third-order valence-electron chi connectivity index (χ3n) is 3.09. The maximum atomic E-state index is 4.75. The van der Waals surface area contributed by atoms with E-state index in [1.165, 1.54) is 5.69 Å². The minimum Gasteiger partial charge on any atom is -0.311 e. The van der Waals surface area contributed by atoms with Gasteiger partial charge in [-0.05, 0) is 19.2 Å². The van der Waals surface area contributed by atoms with Crippen molar-refractivity contribution in [2.75, 3.05) is 7.05 Å². The Morgan fingerprint density at radius 2 is 2.11 bits per heavy atom. The van der Waals surface area contributed by atoms with Crippen molar-refractivity contribution >= 4 is 11.3 Å². The lowest BCUT2D eigenvalue weighted by Gasteiger charge is -2.15. The first kappa shape index (κ1) is 14.2. The molecule has 2 heterocycles. The molecule has 3 nitrogen and oxygen atoms in total. The molecule has 102 valence electrons. The third kappa shape index (κ3) is 3.61. The van der Waals surface area contributed by atoms with E-state index in [1.807, 2.05) is 25.4 Å². The number of thiazole rings is 1. The van der Waals surface area contributed by atoms with Crippen molar-refractivity contribution in [3.05, 3.63) is 46.2 Å². The number of pyridine rings is 1. The van der Waals surface area contributed by atoms with Crippen molar-refractivity contribution in [2.24, 2.45) is 0 Å². The summed E-state index contributed by atoms with van der Waals surface area (Å²) in [5, 5.41) is 6.65. The number of hydrogen-bond acceptors (Lipinski definition) is 4. The minimum absolute atomic E-state index is 0.120. The Hall–Kier alpha value is -1.26. The maximum absolute atomic E-state index is 4.75. The molecule has 2 aromatic rings. The van der Waals surface area contributed by atoms with Crippen LogP contribution in [-0.4, -0.2) is 17.0 Å². The van der Waals surface area contributed by atoms with E-state index in [1.54, 1.807) is 11.3 Å². The van der Waals surface area contributed by atoms with E-state index in [9.17, 15) is 0 Å². The lowest BCUT2D eigenvalue weighted by atomic mass is 9.93. The molecule has 2 rings (SSSR count). The smallest absolute Gasteiger partial charge is 0.0948 e. The first-order chi connectivity index (χ1) is 9.00. The number of hydrogen-bond donors (Lipinski definition) is 1. The molecule has 0 aromatic carbocycles. The van der Waals surface area contributed by atoms with Gasteiger partial charge in [0.25, 0.3) is 0 Å². The van der Waals surface area contributed by atoms with Crippen LogP contribution >= 0.6 is 11.3 Å². The molecule has 0 saturated heterocycles. The normalized spacial score (nSPS) is 13.5. The fourth-order valence-corrected chi connectivity index (χ4v) is 2.93. The lowest BCUT2D eigenvalue weighted by Crippen LogP contribution is -2.20. The van der Waals surface area contributed by atoms with Gasteiger partial charge in [0.05, 0.1) is 22.4 Å². The summed E-state index contributed by atoms with van der Waals surface area (Å²) in [6, 6.07) is 6.24. The minimum atomic E-state index is 0.120. The zero-order valence-corrected chi connectivity index (χ0v) is 12.8. The second-order valence-electron chi connectivity index (χ2n) is 5.68. The predicted octanol–water partition coefficient (Wildman–Crippen LogP) is 3.34. The van der Waals surface area contributed by atoms with Crippen molar-refractivity contribution in [3.63, 3.8) is 0 Å². The largest absolute Gasteiger partial charge is 0.311 e. The van der Waals surface area contributed by atoms with E-state index >= 15 is 0 Å². The zero-order chi connectivity index (χ0) is 13.9. The van der Waals surface area contributed by atoms with E-state index < -0.39 is 0 Å². The molecular formula is C15H21N3S. The van der Waals surface area contributed by atoms with Crippen LogP contribution in [0.1, 0.15) is 43.2 Å². The molecule has 1 atom stereocenters. The summed E-state index contributed by atoms with van der Waals surface area (Å²) < 4.78 is 0. The summed E-state index contributed by atoms with van der Waals surface area (Å²) in [6.45, 7) is 6.58. The molecule has 0 amide bonds. The van der Waals surface area contributed by atoms with Gasteiger partial charge in [0.2, 0.25) is 0 Å². The molecule has 4 heteroatoms. The number of aromatic nitrogens is 2. The van der Waals surface area contributed by atoms with E-state index in [2.05, 4.69) is 42.5 Å². The maximum Gasteiger partial charge on any atom is 0.0948 e. The Labute approximate surface area is 119 Å². The third-order valence-corrected chi connectivity index (χ3v) is 3.96. The van der Waals surface area contributed by atoms with Crippen LogP contribution in [0.2, 0.25) is 0 Å². The molecule has 0 aliphatic rings. The van der Waals surface area contributed by atoms with Crippen LogP contribution in [0.3, 0.4) is 0 Å². The number of rotatable bonds is 4. The Morgan fingerprint density at radius 1 is 1.32 bits per heavy atom.